The van der Waals surface area contributed by atoms with Gasteiger partial charge in [-0.05, 0) is 72.1 Å². The summed E-state index contributed by atoms with van der Waals surface area (Å²) in [4.78, 5) is 35.7. The molecule has 4 aromatic rings. The Morgan fingerprint density at radius 2 is 1.50 bits per heavy atom. The number of amides is 2. The second-order valence-corrected chi connectivity index (χ2v) is 12.4. The van der Waals surface area contributed by atoms with Crippen molar-refractivity contribution < 1.29 is 4.79 Å². The molecule has 0 aliphatic heterocycles. The number of carbonyl (C=O) groups is 1. The number of unbranched alkanes of at least 4 members (excludes halogenated alkanes) is 3. The average Bonchev–Trinajstić information content (AvgIpc) is 3.02. The fraction of sp³-hybridized carbons (Fsp3) is 0.447. The number of rotatable bonds is 13. The maximum Gasteiger partial charge on any atom is 0.322 e. The summed E-state index contributed by atoms with van der Waals surface area (Å²) in [6.45, 7) is 15.6. The van der Waals surface area contributed by atoms with Gasteiger partial charge in [-0.25, -0.2) is 9.78 Å². The van der Waals surface area contributed by atoms with Gasteiger partial charge in [0.15, 0.2) is 0 Å². The monoisotopic (exact) mass is 594 g/mol. The Balaban J connectivity index is 1.88. The van der Waals surface area contributed by atoms with Crippen molar-refractivity contribution in [3.63, 3.8) is 0 Å². The first-order valence-corrected chi connectivity index (χ1v) is 16.5. The molecule has 1 aromatic heterocycles. The fourth-order valence-corrected chi connectivity index (χ4v) is 6.03. The summed E-state index contributed by atoms with van der Waals surface area (Å²) in [6, 6.07) is 21.3. The molecule has 6 nitrogen and oxygen atoms in total. The molecular weight excluding hydrogens is 544 g/mol. The molecule has 0 saturated heterocycles. The van der Waals surface area contributed by atoms with Crippen LogP contribution >= 0.6 is 0 Å². The van der Waals surface area contributed by atoms with Crippen LogP contribution in [0.1, 0.15) is 121 Å². The summed E-state index contributed by atoms with van der Waals surface area (Å²) in [5.74, 6) is 1.09. The summed E-state index contributed by atoms with van der Waals surface area (Å²) in [6.07, 6.45) is 5.67. The Bertz CT molecular complexity index is 1580. The lowest BCUT2D eigenvalue weighted by Crippen LogP contribution is -2.41. The summed E-state index contributed by atoms with van der Waals surface area (Å²) in [7, 11) is 0. The van der Waals surface area contributed by atoms with Gasteiger partial charge in [0.2, 0.25) is 0 Å². The number of anilines is 1. The van der Waals surface area contributed by atoms with Gasteiger partial charge < -0.3 is 10.2 Å². The van der Waals surface area contributed by atoms with Crippen molar-refractivity contribution in [2.45, 2.75) is 105 Å². The van der Waals surface area contributed by atoms with Crippen LogP contribution in [-0.2, 0) is 6.42 Å². The number of aryl methyl sites for hydroxylation is 1. The van der Waals surface area contributed by atoms with E-state index in [9.17, 15) is 9.59 Å². The van der Waals surface area contributed by atoms with Crippen molar-refractivity contribution in [2.24, 2.45) is 0 Å². The zero-order valence-corrected chi connectivity index (χ0v) is 27.7. The molecule has 0 aliphatic carbocycles. The molecule has 234 valence electrons. The number of carbonyl (C=O) groups excluding carboxylic acids is 1. The second kappa shape index (κ2) is 15.2. The zero-order chi connectivity index (χ0) is 31.8. The summed E-state index contributed by atoms with van der Waals surface area (Å²) in [5.41, 5.74) is 5.64. The third-order valence-electron chi connectivity index (χ3n) is 8.58. The molecule has 44 heavy (non-hydrogen) atoms. The van der Waals surface area contributed by atoms with E-state index in [4.69, 9.17) is 4.98 Å². The first kappa shape index (κ1) is 33.0. The lowest BCUT2D eigenvalue weighted by Gasteiger charge is -2.33. The number of nitrogens with one attached hydrogen (secondary N) is 1. The fourth-order valence-electron chi connectivity index (χ4n) is 6.03. The number of fused-ring (bicyclic) bond motifs is 1. The van der Waals surface area contributed by atoms with E-state index in [1.807, 2.05) is 41.3 Å². The SMILES string of the molecule is CCCCCCN(C(=O)Nc1c(C(C)C)cccc1C(C)C)C(CC)c1nc2ccccc2c(=O)n1-c1ccc(CC)cc1. The van der Waals surface area contributed by atoms with Crippen LogP contribution in [0.4, 0.5) is 10.5 Å². The summed E-state index contributed by atoms with van der Waals surface area (Å²) < 4.78 is 1.73. The third kappa shape index (κ3) is 7.23. The minimum Gasteiger partial charge on any atom is -0.314 e. The number of hydrogen-bond acceptors (Lipinski definition) is 3. The van der Waals surface area contributed by atoms with E-state index in [2.05, 4.69) is 84.1 Å². The van der Waals surface area contributed by atoms with Crippen molar-refractivity contribution in [1.82, 2.24) is 14.5 Å². The Morgan fingerprint density at radius 1 is 0.841 bits per heavy atom. The van der Waals surface area contributed by atoms with Crippen molar-refractivity contribution in [3.05, 3.63) is 99.6 Å². The highest BCUT2D eigenvalue weighted by molar-refractivity contribution is 5.92. The van der Waals surface area contributed by atoms with E-state index in [0.717, 1.165) is 54.6 Å². The first-order chi connectivity index (χ1) is 21.2. The smallest absolute Gasteiger partial charge is 0.314 e. The van der Waals surface area contributed by atoms with Crippen molar-refractivity contribution in [1.29, 1.82) is 0 Å². The molecule has 3 aromatic carbocycles. The number of para-hydroxylation sites is 2. The van der Waals surface area contributed by atoms with Gasteiger partial charge in [-0.15, -0.1) is 0 Å². The molecule has 0 bridgehead atoms. The van der Waals surface area contributed by atoms with Gasteiger partial charge in [-0.1, -0.05) is 110 Å². The molecular formula is C38H50N4O2. The Morgan fingerprint density at radius 3 is 2.09 bits per heavy atom. The molecule has 1 atom stereocenters. The molecule has 0 spiro atoms. The molecule has 0 radical (unpaired) electrons. The van der Waals surface area contributed by atoms with E-state index in [1.165, 1.54) is 5.56 Å². The Hall–Kier alpha value is -3.93. The average molecular weight is 595 g/mol. The van der Waals surface area contributed by atoms with Crippen molar-refractivity contribution in [2.75, 3.05) is 11.9 Å². The van der Waals surface area contributed by atoms with E-state index in [1.54, 1.807) is 4.57 Å². The van der Waals surface area contributed by atoms with Crippen LogP contribution in [0.3, 0.4) is 0 Å². The Labute approximate surface area is 263 Å². The predicted octanol–water partition coefficient (Wildman–Crippen LogP) is 9.76. The Kier molecular flexibility index (Phi) is 11.4. The number of hydrogen-bond donors (Lipinski definition) is 1. The van der Waals surface area contributed by atoms with Crippen LogP contribution in [0.2, 0.25) is 0 Å². The highest BCUT2D eigenvalue weighted by atomic mass is 16.2. The van der Waals surface area contributed by atoms with Crippen LogP contribution in [0.25, 0.3) is 16.6 Å². The van der Waals surface area contributed by atoms with Crippen molar-refractivity contribution >= 4 is 22.6 Å². The number of urea groups is 1. The zero-order valence-electron chi connectivity index (χ0n) is 27.7. The lowest BCUT2D eigenvalue weighted by atomic mass is 9.92. The number of nitrogens with zero attached hydrogens (tertiary/aromatic N) is 3. The minimum atomic E-state index is -0.409. The molecule has 1 N–H and O–H groups in total. The summed E-state index contributed by atoms with van der Waals surface area (Å²) in [5, 5.41) is 3.93. The van der Waals surface area contributed by atoms with Gasteiger partial charge in [0.25, 0.3) is 5.56 Å². The van der Waals surface area contributed by atoms with Crippen molar-refractivity contribution in [3.8, 4) is 5.69 Å². The number of benzene rings is 3. The molecule has 1 heterocycles. The maximum atomic E-state index is 14.5. The normalized spacial score (nSPS) is 12.2. The quantitative estimate of drug-likeness (QED) is 0.157. The van der Waals surface area contributed by atoms with E-state index in [-0.39, 0.29) is 23.4 Å². The molecule has 6 heteroatoms. The molecule has 0 aliphatic rings. The minimum absolute atomic E-state index is 0.119. The largest absolute Gasteiger partial charge is 0.322 e. The van der Waals surface area contributed by atoms with E-state index in [0.29, 0.717) is 29.7 Å². The van der Waals surface area contributed by atoms with Crippen LogP contribution in [0, 0.1) is 0 Å². The summed E-state index contributed by atoms with van der Waals surface area (Å²) >= 11 is 0. The topological polar surface area (TPSA) is 67.2 Å². The van der Waals surface area contributed by atoms with E-state index >= 15 is 0 Å². The first-order valence-electron chi connectivity index (χ1n) is 16.5. The highest BCUT2D eigenvalue weighted by Crippen LogP contribution is 2.34. The molecule has 1 unspecified atom stereocenters. The van der Waals surface area contributed by atoms with Crippen LogP contribution in [0.15, 0.2) is 71.5 Å². The lowest BCUT2D eigenvalue weighted by molar-refractivity contribution is 0.179. The van der Waals surface area contributed by atoms with E-state index < -0.39 is 6.04 Å². The van der Waals surface area contributed by atoms with Gasteiger partial charge in [0, 0.05) is 12.2 Å². The van der Waals surface area contributed by atoms with Crippen LogP contribution < -0.4 is 10.9 Å². The predicted molar refractivity (Wildman–Crippen MR) is 184 cm³/mol. The highest BCUT2D eigenvalue weighted by Gasteiger charge is 2.30. The maximum absolute atomic E-state index is 14.5. The third-order valence-corrected chi connectivity index (χ3v) is 8.58. The molecule has 0 fully saturated rings. The van der Waals surface area contributed by atoms with Gasteiger partial charge in [0.1, 0.15) is 5.82 Å². The van der Waals surface area contributed by atoms with Gasteiger partial charge in [-0.2, -0.15) is 0 Å². The second-order valence-electron chi connectivity index (χ2n) is 12.4. The standard InChI is InChI=1S/C38H50N4O2/c1-8-11-12-15-25-41(38(44)40-35-30(26(4)5)18-16-19-31(35)27(6)7)34(10-3)36-39-33-20-14-13-17-32(33)37(43)42(36)29-23-21-28(9-2)22-24-29/h13-14,16-24,26-27,34H,8-12,15,25H2,1-7H3,(H,40,44). The van der Waals surface area contributed by atoms with Crippen LogP contribution in [0.5, 0.6) is 0 Å². The van der Waals surface area contributed by atoms with Gasteiger partial charge in [0.05, 0.1) is 22.6 Å². The molecule has 4 rings (SSSR count). The van der Waals surface area contributed by atoms with Gasteiger partial charge >= 0.3 is 6.03 Å². The molecule has 0 saturated carbocycles. The molecule has 2 amide bonds. The van der Waals surface area contributed by atoms with Gasteiger partial charge in [-0.3, -0.25) is 9.36 Å². The van der Waals surface area contributed by atoms with Crippen LogP contribution in [-0.4, -0.2) is 27.0 Å². The number of aromatic nitrogens is 2.